The molecule has 0 N–H and O–H groups in total. The Labute approximate surface area is 221 Å². The normalized spacial score (nSPS) is 13.8. The van der Waals surface area contributed by atoms with Crippen molar-refractivity contribution in [3.8, 4) is 22.5 Å². The molecule has 1 aliphatic carbocycles. The van der Waals surface area contributed by atoms with Crippen LogP contribution in [0.4, 0.5) is 0 Å². The van der Waals surface area contributed by atoms with Crippen LogP contribution in [0.5, 0.6) is 0 Å². The predicted molar refractivity (Wildman–Crippen MR) is 147 cm³/mol. The summed E-state index contributed by atoms with van der Waals surface area (Å²) in [6, 6.07) is 26.2. The number of Topliss-reactive ketones (excluding diaryl/α,β-unsaturated/α-hetero) is 1. The zero-order valence-electron chi connectivity index (χ0n) is 21.0. The average molecular weight is 512 g/mol. The monoisotopic (exact) mass is 511 g/mol. The summed E-state index contributed by atoms with van der Waals surface area (Å²) < 4.78 is 10.9. The molecule has 0 amide bonds. The van der Waals surface area contributed by atoms with Crippen LogP contribution in [0, 0.1) is 6.92 Å². The van der Waals surface area contributed by atoms with Crippen LogP contribution in [-0.2, 0) is 20.7 Å². The summed E-state index contributed by atoms with van der Waals surface area (Å²) in [5.74, 6) is 1.54. The van der Waals surface area contributed by atoms with Gasteiger partial charge in [-0.1, -0.05) is 84.0 Å². The van der Waals surface area contributed by atoms with Gasteiger partial charge < -0.3 is 9.26 Å². The molecule has 0 atom stereocenters. The minimum absolute atomic E-state index is 0.0185. The van der Waals surface area contributed by atoms with E-state index in [0.717, 1.165) is 40.8 Å². The van der Waals surface area contributed by atoms with E-state index in [1.165, 1.54) is 5.56 Å². The second-order valence-corrected chi connectivity index (χ2v) is 10.3. The number of aryl methyl sites for hydroxylation is 1. The van der Waals surface area contributed by atoms with Gasteiger partial charge in [0.05, 0.1) is 29.0 Å². The van der Waals surface area contributed by atoms with Crippen LogP contribution in [-0.4, -0.2) is 29.3 Å². The number of hydrogen-bond donors (Lipinski definition) is 0. The minimum atomic E-state index is -0.467. The Morgan fingerprint density at radius 3 is 2.16 bits per heavy atom. The molecule has 1 aromatic heterocycles. The number of benzene rings is 3. The summed E-state index contributed by atoms with van der Waals surface area (Å²) in [7, 11) is 0. The highest BCUT2D eigenvalue weighted by Gasteiger charge is 2.52. The second kappa shape index (κ2) is 10.8. The van der Waals surface area contributed by atoms with E-state index in [0.29, 0.717) is 29.4 Å². The summed E-state index contributed by atoms with van der Waals surface area (Å²) in [5, 5.41) is 4.08. The number of esters is 1. The second-order valence-electron chi connectivity index (χ2n) is 9.33. The molecular formula is C31H29NO4S. The fraction of sp³-hybridized carbons (Fsp3) is 0.258. The number of thioether (sulfide) groups is 1. The molecule has 5 nitrogen and oxygen atoms in total. The fourth-order valence-electron chi connectivity index (χ4n) is 4.60. The summed E-state index contributed by atoms with van der Waals surface area (Å²) in [4.78, 5) is 25.4. The number of rotatable bonds is 10. The maximum absolute atomic E-state index is 13.1. The van der Waals surface area contributed by atoms with Crippen LogP contribution in [0.1, 0.15) is 46.9 Å². The molecule has 5 rings (SSSR count). The van der Waals surface area contributed by atoms with Gasteiger partial charge in [0.25, 0.3) is 0 Å². The number of aromatic nitrogens is 1. The number of nitrogens with zero attached hydrogens (tertiary/aromatic N) is 1. The van der Waals surface area contributed by atoms with E-state index in [1.807, 2.05) is 73.7 Å². The first-order valence-corrected chi connectivity index (χ1v) is 13.7. The Kier molecular flexibility index (Phi) is 7.28. The Balaban J connectivity index is 1.28. The van der Waals surface area contributed by atoms with E-state index in [9.17, 15) is 9.59 Å². The molecule has 0 radical (unpaired) electrons. The van der Waals surface area contributed by atoms with Gasteiger partial charge in [0.2, 0.25) is 0 Å². The van der Waals surface area contributed by atoms with Gasteiger partial charge in [0, 0.05) is 11.3 Å². The quantitative estimate of drug-likeness (QED) is 0.168. The fourth-order valence-corrected chi connectivity index (χ4v) is 5.46. The third-order valence-corrected chi connectivity index (χ3v) is 7.82. The SMILES string of the molecule is CCOC(=O)C1(c2ccc(-c3ccc(-c4onc(C)c4C(=O)CSCc4ccccc4)cc3)cc2)CC1. The van der Waals surface area contributed by atoms with Crippen molar-refractivity contribution >= 4 is 23.5 Å². The van der Waals surface area contributed by atoms with Crippen molar-refractivity contribution in [3.05, 3.63) is 101 Å². The van der Waals surface area contributed by atoms with Crippen molar-refractivity contribution in [1.82, 2.24) is 5.16 Å². The number of ketones is 1. The lowest BCUT2D eigenvalue weighted by Crippen LogP contribution is -2.23. The molecule has 4 aromatic rings. The maximum Gasteiger partial charge on any atom is 0.316 e. The summed E-state index contributed by atoms with van der Waals surface area (Å²) >= 11 is 1.59. The third-order valence-electron chi connectivity index (χ3n) is 6.82. The van der Waals surface area contributed by atoms with Crippen molar-refractivity contribution in [2.24, 2.45) is 0 Å². The topological polar surface area (TPSA) is 69.4 Å². The van der Waals surface area contributed by atoms with Gasteiger partial charge in [-0.2, -0.15) is 0 Å². The van der Waals surface area contributed by atoms with Gasteiger partial charge in [-0.25, -0.2) is 0 Å². The largest absolute Gasteiger partial charge is 0.465 e. The number of hydrogen-bond acceptors (Lipinski definition) is 6. The Morgan fingerprint density at radius 2 is 1.54 bits per heavy atom. The van der Waals surface area contributed by atoms with E-state index >= 15 is 0 Å². The molecule has 0 bridgehead atoms. The molecular weight excluding hydrogens is 482 g/mol. The smallest absolute Gasteiger partial charge is 0.316 e. The molecule has 1 heterocycles. The molecule has 3 aromatic carbocycles. The van der Waals surface area contributed by atoms with Crippen LogP contribution < -0.4 is 0 Å². The highest BCUT2D eigenvalue weighted by molar-refractivity contribution is 7.99. The van der Waals surface area contributed by atoms with Crippen LogP contribution in [0.15, 0.2) is 83.4 Å². The van der Waals surface area contributed by atoms with Gasteiger partial charge in [-0.3, -0.25) is 9.59 Å². The first kappa shape index (κ1) is 25.0. The van der Waals surface area contributed by atoms with E-state index in [1.54, 1.807) is 18.7 Å². The Morgan fingerprint density at radius 1 is 0.919 bits per heavy atom. The van der Waals surface area contributed by atoms with E-state index in [4.69, 9.17) is 9.26 Å². The van der Waals surface area contributed by atoms with Gasteiger partial charge >= 0.3 is 5.97 Å². The van der Waals surface area contributed by atoms with Crippen molar-refractivity contribution in [2.45, 2.75) is 37.9 Å². The number of ether oxygens (including phenoxy) is 1. The Bertz CT molecular complexity index is 1390. The maximum atomic E-state index is 13.1. The summed E-state index contributed by atoms with van der Waals surface area (Å²) in [5.41, 5.74) is 5.80. The van der Waals surface area contributed by atoms with Crippen molar-refractivity contribution in [3.63, 3.8) is 0 Å². The van der Waals surface area contributed by atoms with E-state index < -0.39 is 5.41 Å². The minimum Gasteiger partial charge on any atom is -0.465 e. The molecule has 1 saturated carbocycles. The number of carbonyl (C=O) groups is 2. The molecule has 1 aliphatic rings. The van der Waals surface area contributed by atoms with Gasteiger partial charge in [0.1, 0.15) is 0 Å². The van der Waals surface area contributed by atoms with Crippen LogP contribution >= 0.6 is 11.8 Å². The summed E-state index contributed by atoms with van der Waals surface area (Å²) in [6.07, 6.45) is 1.67. The lowest BCUT2D eigenvalue weighted by molar-refractivity contribution is -0.146. The molecule has 37 heavy (non-hydrogen) atoms. The zero-order chi connectivity index (χ0) is 25.8. The van der Waals surface area contributed by atoms with Crippen molar-refractivity contribution < 1.29 is 18.8 Å². The molecule has 0 saturated heterocycles. The van der Waals surface area contributed by atoms with Crippen LogP contribution in [0.2, 0.25) is 0 Å². The molecule has 0 aliphatic heterocycles. The lowest BCUT2D eigenvalue weighted by Gasteiger charge is -2.14. The zero-order valence-corrected chi connectivity index (χ0v) is 21.8. The highest BCUT2D eigenvalue weighted by atomic mass is 32.2. The van der Waals surface area contributed by atoms with E-state index in [-0.39, 0.29) is 11.8 Å². The first-order valence-electron chi connectivity index (χ1n) is 12.5. The average Bonchev–Trinajstić information content (AvgIpc) is 3.66. The van der Waals surface area contributed by atoms with E-state index in [2.05, 4.69) is 17.3 Å². The highest BCUT2D eigenvalue weighted by Crippen LogP contribution is 2.49. The molecule has 6 heteroatoms. The van der Waals surface area contributed by atoms with Crippen molar-refractivity contribution in [2.75, 3.05) is 12.4 Å². The van der Waals surface area contributed by atoms with Gasteiger partial charge in [0.15, 0.2) is 11.5 Å². The van der Waals surface area contributed by atoms with Gasteiger partial charge in [-0.05, 0) is 48.9 Å². The van der Waals surface area contributed by atoms with Crippen LogP contribution in [0.3, 0.4) is 0 Å². The van der Waals surface area contributed by atoms with Crippen LogP contribution in [0.25, 0.3) is 22.5 Å². The molecule has 0 unspecified atom stereocenters. The lowest BCUT2D eigenvalue weighted by atomic mass is 9.93. The predicted octanol–water partition coefficient (Wildman–Crippen LogP) is 7.03. The molecule has 1 fully saturated rings. The summed E-state index contributed by atoms with van der Waals surface area (Å²) in [6.45, 7) is 4.04. The first-order chi connectivity index (χ1) is 18.0. The molecule has 188 valence electrons. The third kappa shape index (κ3) is 5.25. The Hall–Kier alpha value is -3.64. The number of carbonyl (C=O) groups excluding carboxylic acids is 2. The van der Waals surface area contributed by atoms with Crippen molar-refractivity contribution in [1.29, 1.82) is 0 Å². The molecule has 0 spiro atoms. The van der Waals surface area contributed by atoms with Gasteiger partial charge in [-0.15, -0.1) is 11.8 Å². The standard InChI is InChI=1S/C31H29NO4S/c1-3-35-30(34)31(17-18-31)26-15-13-24(14-16-26)23-9-11-25(12-10-23)29-28(21(2)32-36-29)27(33)20-37-19-22-7-5-4-6-8-22/h4-16H,3,17-20H2,1-2H3.